The summed E-state index contributed by atoms with van der Waals surface area (Å²) in [7, 11) is 0. The van der Waals surface area contributed by atoms with Crippen molar-refractivity contribution >= 4 is 0 Å². The number of allylic oxidation sites excluding steroid dienone is 2. The zero-order valence-corrected chi connectivity index (χ0v) is 15.8. The van der Waals surface area contributed by atoms with Crippen LogP contribution in [0.25, 0.3) is 0 Å². The minimum absolute atomic E-state index is 0.630. The molecule has 136 valence electrons. The molecule has 4 atom stereocenters. The molecule has 2 saturated heterocycles. The number of nitrogens with one attached hydrogen (secondary N) is 2. The van der Waals surface area contributed by atoms with Crippen molar-refractivity contribution in [2.75, 3.05) is 0 Å². The van der Waals surface area contributed by atoms with Gasteiger partial charge in [-0.3, -0.25) is 0 Å². The first-order chi connectivity index (χ1) is 11.7. The van der Waals surface area contributed by atoms with Crippen molar-refractivity contribution in [1.82, 2.24) is 10.6 Å². The van der Waals surface area contributed by atoms with E-state index in [1.807, 2.05) is 0 Å². The molecule has 0 aromatic rings. The summed E-state index contributed by atoms with van der Waals surface area (Å²) in [5.74, 6) is 1.64. The molecule has 0 radical (unpaired) electrons. The van der Waals surface area contributed by atoms with Crippen LogP contribution >= 0.6 is 0 Å². The summed E-state index contributed by atoms with van der Waals surface area (Å²) in [6.07, 6.45) is 23.6. The first-order valence-electron chi connectivity index (χ1n) is 10.6. The molecule has 0 bridgehead atoms. The molecule has 0 spiro atoms. The van der Waals surface area contributed by atoms with Crippen LogP contribution in [-0.2, 0) is 0 Å². The Morgan fingerprint density at radius 2 is 0.958 bits per heavy atom. The van der Waals surface area contributed by atoms with Crippen molar-refractivity contribution in [1.29, 1.82) is 0 Å². The average molecular weight is 331 g/mol. The topological polar surface area (TPSA) is 24.1 Å². The smallest absolute Gasteiger partial charge is 0.0252 e. The van der Waals surface area contributed by atoms with Crippen molar-refractivity contribution in [3.05, 3.63) is 24.3 Å². The van der Waals surface area contributed by atoms with Gasteiger partial charge < -0.3 is 10.6 Å². The highest BCUT2D eigenvalue weighted by molar-refractivity contribution is 5.03. The first kappa shape index (κ1) is 18.2. The third kappa shape index (κ3) is 5.74. The maximum absolute atomic E-state index is 3.72. The van der Waals surface area contributed by atoms with Gasteiger partial charge >= 0.3 is 0 Å². The predicted octanol–water partition coefficient (Wildman–Crippen LogP) is 4.97. The summed E-state index contributed by atoms with van der Waals surface area (Å²) in [6, 6.07) is 2.66. The lowest BCUT2D eigenvalue weighted by Gasteiger charge is -2.29. The summed E-state index contributed by atoms with van der Waals surface area (Å²) in [4.78, 5) is 0. The van der Waals surface area contributed by atoms with Gasteiger partial charge in [-0.15, -0.1) is 0 Å². The minimum Gasteiger partial charge on any atom is -0.308 e. The molecule has 0 aromatic carbocycles. The zero-order chi connectivity index (χ0) is 16.8. The number of piperidine rings is 2. The van der Waals surface area contributed by atoms with Crippen molar-refractivity contribution in [2.24, 2.45) is 11.8 Å². The van der Waals surface area contributed by atoms with E-state index >= 15 is 0 Å². The fourth-order valence-corrected chi connectivity index (χ4v) is 4.77. The van der Waals surface area contributed by atoms with Gasteiger partial charge in [0.25, 0.3) is 0 Å². The van der Waals surface area contributed by atoms with Crippen molar-refractivity contribution in [2.45, 2.75) is 102 Å². The van der Waals surface area contributed by atoms with Gasteiger partial charge in [-0.05, 0) is 77.0 Å². The van der Waals surface area contributed by atoms with Crippen LogP contribution in [0.1, 0.15) is 78.1 Å². The number of hydrogen-bond acceptors (Lipinski definition) is 2. The van der Waals surface area contributed by atoms with E-state index in [4.69, 9.17) is 0 Å². The lowest BCUT2D eigenvalue weighted by molar-refractivity contribution is 0.345. The molecular formula is C22H38N2. The van der Waals surface area contributed by atoms with Crippen LogP contribution in [0.5, 0.6) is 0 Å². The van der Waals surface area contributed by atoms with Gasteiger partial charge in [-0.2, -0.15) is 0 Å². The van der Waals surface area contributed by atoms with Crippen LogP contribution in [0.15, 0.2) is 24.3 Å². The van der Waals surface area contributed by atoms with Crippen molar-refractivity contribution in [3.8, 4) is 0 Å². The SMILES string of the molecule is CC1CCCC(/C=C/C2CCC(/C=C/C3CCCC(C)N3)CC2)N1. The first-order valence-corrected chi connectivity index (χ1v) is 10.6. The van der Waals surface area contributed by atoms with E-state index < -0.39 is 0 Å². The second-order valence-corrected chi connectivity index (χ2v) is 8.65. The molecule has 2 aliphatic heterocycles. The Morgan fingerprint density at radius 1 is 0.542 bits per heavy atom. The molecule has 3 fully saturated rings. The Kier molecular flexibility index (Phi) is 6.97. The van der Waals surface area contributed by atoms with Gasteiger partial charge in [0.2, 0.25) is 0 Å². The monoisotopic (exact) mass is 330 g/mol. The summed E-state index contributed by atoms with van der Waals surface area (Å²) >= 11 is 0. The highest BCUT2D eigenvalue weighted by Crippen LogP contribution is 2.31. The normalized spacial score (nSPS) is 41.9. The molecule has 1 aliphatic carbocycles. The van der Waals surface area contributed by atoms with E-state index in [0.717, 1.165) is 11.8 Å². The maximum Gasteiger partial charge on any atom is 0.0252 e. The van der Waals surface area contributed by atoms with Gasteiger partial charge in [-0.25, -0.2) is 0 Å². The molecule has 24 heavy (non-hydrogen) atoms. The van der Waals surface area contributed by atoms with E-state index in [9.17, 15) is 0 Å². The minimum atomic E-state index is 0.630. The Labute approximate surface area is 149 Å². The molecule has 1 saturated carbocycles. The quantitative estimate of drug-likeness (QED) is 0.711. The van der Waals surface area contributed by atoms with Crippen LogP contribution in [-0.4, -0.2) is 24.2 Å². The van der Waals surface area contributed by atoms with Crippen molar-refractivity contribution in [3.63, 3.8) is 0 Å². The largest absolute Gasteiger partial charge is 0.308 e. The maximum atomic E-state index is 3.72. The lowest BCUT2D eigenvalue weighted by atomic mass is 9.81. The fourth-order valence-electron chi connectivity index (χ4n) is 4.77. The van der Waals surface area contributed by atoms with Crippen LogP contribution in [0, 0.1) is 11.8 Å². The average Bonchev–Trinajstić information content (AvgIpc) is 2.59. The molecule has 2 nitrogen and oxygen atoms in total. The number of hydrogen-bond donors (Lipinski definition) is 2. The van der Waals surface area contributed by atoms with Gasteiger partial charge in [0.05, 0.1) is 0 Å². The van der Waals surface area contributed by atoms with E-state index in [-0.39, 0.29) is 0 Å². The number of rotatable bonds is 4. The summed E-state index contributed by atoms with van der Waals surface area (Å²) in [6.45, 7) is 4.64. The van der Waals surface area contributed by atoms with Crippen LogP contribution in [0.3, 0.4) is 0 Å². The summed E-state index contributed by atoms with van der Waals surface area (Å²) in [5.41, 5.74) is 0. The molecule has 2 N–H and O–H groups in total. The second-order valence-electron chi connectivity index (χ2n) is 8.65. The van der Waals surface area contributed by atoms with Crippen molar-refractivity contribution < 1.29 is 0 Å². The molecular weight excluding hydrogens is 292 g/mol. The predicted molar refractivity (Wildman–Crippen MR) is 104 cm³/mol. The van der Waals surface area contributed by atoms with E-state index in [1.165, 1.54) is 64.2 Å². The third-order valence-corrected chi connectivity index (χ3v) is 6.35. The molecule has 4 unspecified atom stereocenters. The fraction of sp³-hybridized carbons (Fsp3) is 0.818. The molecule has 0 amide bonds. The highest BCUT2D eigenvalue weighted by atomic mass is 15.0. The molecule has 2 heterocycles. The Balaban J connectivity index is 1.37. The summed E-state index contributed by atoms with van der Waals surface area (Å²) in [5, 5.41) is 7.44. The Bertz CT molecular complexity index is 380. The molecule has 0 aromatic heterocycles. The zero-order valence-electron chi connectivity index (χ0n) is 15.8. The van der Waals surface area contributed by atoms with Crippen LogP contribution < -0.4 is 10.6 Å². The standard InChI is InChI=1S/C22H38N2/c1-17-5-3-7-21(23-17)15-13-19-9-11-20(12-10-19)14-16-22-8-4-6-18(2)24-22/h13-24H,3-12H2,1-2H3/b15-13+,16-14+. The van der Waals surface area contributed by atoms with Gasteiger partial charge in [-0.1, -0.05) is 37.1 Å². The summed E-state index contributed by atoms with van der Waals surface area (Å²) < 4.78 is 0. The highest BCUT2D eigenvalue weighted by Gasteiger charge is 2.20. The van der Waals surface area contributed by atoms with Crippen LogP contribution in [0.2, 0.25) is 0 Å². The Hall–Kier alpha value is -0.600. The van der Waals surface area contributed by atoms with Gasteiger partial charge in [0.1, 0.15) is 0 Å². The molecule has 3 aliphatic rings. The van der Waals surface area contributed by atoms with E-state index in [0.29, 0.717) is 24.2 Å². The van der Waals surface area contributed by atoms with Gasteiger partial charge in [0.15, 0.2) is 0 Å². The third-order valence-electron chi connectivity index (χ3n) is 6.35. The molecule has 2 heteroatoms. The Morgan fingerprint density at radius 3 is 1.33 bits per heavy atom. The van der Waals surface area contributed by atoms with E-state index in [2.05, 4.69) is 48.8 Å². The van der Waals surface area contributed by atoms with Crippen LogP contribution in [0.4, 0.5) is 0 Å². The van der Waals surface area contributed by atoms with Gasteiger partial charge in [0, 0.05) is 24.2 Å². The van der Waals surface area contributed by atoms with E-state index in [1.54, 1.807) is 0 Å². The lowest BCUT2D eigenvalue weighted by Crippen LogP contribution is -2.39. The second kappa shape index (κ2) is 9.20. The molecule has 3 rings (SSSR count).